The zero-order chi connectivity index (χ0) is 11.3. The van der Waals surface area contributed by atoms with Crippen LogP contribution in [-0.2, 0) is 4.79 Å². The molecule has 0 unspecified atom stereocenters. The molecule has 0 aliphatic heterocycles. The first kappa shape index (κ1) is 11.8. The normalized spacial score (nSPS) is 10.0. The number of aryl methyl sites for hydroxylation is 1. The van der Waals surface area contributed by atoms with E-state index in [2.05, 4.69) is 15.3 Å². The summed E-state index contributed by atoms with van der Waals surface area (Å²) in [6.07, 6.45) is 0. The number of anilines is 1. The molecule has 0 radical (unpaired) electrons. The topological polar surface area (TPSA) is 80.9 Å². The number of nitrogens with one attached hydrogen (secondary N) is 1. The van der Waals surface area contributed by atoms with Crippen LogP contribution in [0.1, 0.15) is 12.6 Å². The van der Waals surface area contributed by atoms with Crippen molar-refractivity contribution in [2.45, 2.75) is 19.0 Å². The average Bonchev–Trinajstić information content (AvgIpc) is 2.14. The van der Waals surface area contributed by atoms with Gasteiger partial charge in [-0.1, -0.05) is 11.8 Å². The van der Waals surface area contributed by atoms with Gasteiger partial charge in [0, 0.05) is 18.3 Å². The molecule has 1 rings (SSSR count). The van der Waals surface area contributed by atoms with E-state index in [9.17, 15) is 4.79 Å². The zero-order valence-corrected chi connectivity index (χ0v) is 9.60. The molecule has 1 heterocycles. The molecule has 1 aromatic heterocycles. The fourth-order valence-corrected chi connectivity index (χ4v) is 1.75. The van der Waals surface area contributed by atoms with Crippen molar-refractivity contribution in [3.05, 3.63) is 11.8 Å². The summed E-state index contributed by atoms with van der Waals surface area (Å²) in [6.45, 7) is 4.36. The lowest BCUT2D eigenvalue weighted by atomic mass is 10.4. The van der Waals surface area contributed by atoms with Crippen molar-refractivity contribution in [3.63, 3.8) is 0 Å². The fourth-order valence-electron chi connectivity index (χ4n) is 1.01. The highest BCUT2D eigenvalue weighted by molar-refractivity contribution is 7.99. The van der Waals surface area contributed by atoms with E-state index in [1.165, 1.54) is 11.8 Å². The third-order valence-electron chi connectivity index (χ3n) is 1.56. The summed E-state index contributed by atoms with van der Waals surface area (Å²) in [4.78, 5) is 19.3. The minimum atomic E-state index is -0.0221. The number of hydrogen-bond donors (Lipinski definition) is 2. The monoisotopic (exact) mass is 226 g/mol. The number of rotatable bonds is 4. The van der Waals surface area contributed by atoms with Gasteiger partial charge in [0.2, 0.25) is 5.91 Å². The van der Waals surface area contributed by atoms with E-state index in [-0.39, 0.29) is 5.91 Å². The number of nitrogens with two attached hydrogens (primary N) is 1. The second-order valence-electron chi connectivity index (χ2n) is 2.96. The highest BCUT2D eigenvalue weighted by atomic mass is 32.2. The Morgan fingerprint density at radius 2 is 2.33 bits per heavy atom. The van der Waals surface area contributed by atoms with Gasteiger partial charge in [-0.3, -0.25) is 4.79 Å². The molecule has 0 saturated heterocycles. The lowest BCUT2D eigenvalue weighted by Crippen LogP contribution is -2.24. The van der Waals surface area contributed by atoms with E-state index in [1.807, 2.05) is 13.8 Å². The molecule has 3 N–H and O–H groups in total. The Hall–Kier alpha value is -1.30. The summed E-state index contributed by atoms with van der Waals surface area (Å²) in [6, 6.07) is 1.69. The van der Waals surface area contributed by atoms with E-state index >= 15 is 0 Å². The maximum Gasteiger partial charge on any atom is 0.230 e. The molecule has 6 heteroatoms. The van der Waals surface area contributed by atoms with Gasteiger partial charge in [-0.2, -0.15) is 0 Å². The average molecular weight is 226 g/mol. The van der Waals surface area contributed by atoms with Crippen molar-refractivity contribution < 1.29 is 4.79 Å². The van der Waals surface area contributed by atoms with Crippen molar-refractivity contribution in [1.29, 1.82) is 0 Å². The molecule has 0 aliphatic rings. The second-order valence-corrected chi connectivity index (χ2v) is 3.90. The van der Waals surface area contributed by atoms with Gasteiger partial charge in [-0.15, -0.1) is 0 Å². The van der Waals surface area contributed by atoms with Gasteiger partial charge >= 0.3 is 0 Å². The quantitative estimate of drug-likeness (QED) is 0.580. The number of nitrogen functional groups attached to an aromatic ring is 1. The highest BCUT2D eigenvalue weighted by Crippen LogP contribution is 2.14. The summed E-state index contributed by atoms with van der Waals surface area (Å²) >= 11 is 1.28. The van der Waals surface area contributed by atoms with Crippen LogP contribution in [0.4, 0.5) is 5.82 Å². The standard InChI is InChI=1S/C9H14N4OS/c1-3-11-8(14)5-15-9-12-6(2)4-7(10)13-9/h4H,3,5H2,1-2H3,(H,11,14)(H2,10,12,13). The van der Waals surface area contributed by atoms with Gasteiger partial charge < -0.3 is 11.1 Å². The smallest absolute Gasteiger partial charge is 0.230 e. The molecule has 0 fully saturated rings. The zero-order valence-electron chi connectivity index (χ0n) is 8.78. The summed E-state index contributed by atoms with van der Waals surface area (Å²) in [5.74, 6) is 0.726. The molecule has 0 aromatic carbocycles. The number of nitrogens with zero attached hydrogens (tertiary/aromatic N) is 2. The van der Waals surface area contributed by atoms with Crippen molar-refractivity contribution in [3.8, 4) is 0 Å². The molecular weight excluding hydrogens is 212 g/mol. The molecule has 1 amide bonds. The van der Waals surface area contributed by atoms with Gasteiger partial charge in [0.25, 0.3) is 0 Å². The second kappa shape index (κ2) is 5.55. The number of amides is 1. The van der Waals surface area contributed by atoms with Crippen LogP contribution in [0, 0.1) is 6.92 Å². The van der Waals surface area contributed by atoms with Crippen LogP contribution in [0.3, 0.4) is 0 Å². The number of aromatic nitrogens is 2. The molecule has 0 spiro atoms. The predicted molar refractivity (Wildman–Crippen MR) is 60.6 cm³/mol. The van der Waals surface area contributed by atoms with E-state index in [1.54, 1.807) is 6.07 Å². The lowest BCUT2D eigenvalue weighted by molar-refractivity contribution is -0.118. The van der Waals surface area contributed by atoms with E-state index in [0.29, 0.717) is 23.3 Å². The van der Waals surface area contributed by atoms with Gasteiger partial charge in [-0.05, 0) is 13.8 Å². The third kappa shape index (κ3) is 4.16. The van der Waals surface area contributed by atoms with Gasteiger partial charge in [0.05, 0.1) is 5.75 Å². The highest BCUT2D eigenvalue weighted by Gasteiger charge is 2.04. The molecule has 82 valence electrons. The Bertz CT molecular complexity index is 336. The van der Waals surface area contributed by atoms with E-state index < -0.39 is 0 Å². The van der Waals surface area contributed by atoms with Crippen LogP contribution in [0.25, 0.3) is 0 Å². The maximum absolute atomic E-state index is 11.2. The summed E-state index contributed by atoms with van der Waals surface area (Å²) < 4.78 is 0. The first-order valence-corrected chi connectivity index (χ1v) is 5.61. The number of thioether (sulfide) groups is 1. The summed E-state index contributed by atoms with van der Waals surface area (Å²) in [7, 11) is 0. The summed E-state index contributed by atoms with van der Waals surface area (Å²) in [5.41, 5.74) is 6.37. The number of carbonyl (C=O) groups excluding carboxylic acids is 1. The predicted octanol–water partition coefficient (Wildman–Crippen LogP) is 0.595. The van der Waals surface area contributed by atoms with Crippen LogP contribution >= 0.6 is 11.8 Å². The molecule has 0 saturated carbocycles. The van der Waals surface area contributed by atoms with Gasteiger partial charge in [0.1, 0.15) is 5.82 Å². The minimum absolute atomic E-state index is 0.0221. The summed E-state index contributed by atoms with van der Waals surface area (Å²) in [5, 5.41) is 3.24. The van der Waals surface area contributed by atoms with Crippen molar-refractivity contribution >= 4 is 23.5 Å². The van der Waals surface area contributed by atoms with Crippen LogP contribution in [0.2, 0.25) is 0 Å². The maximum atomic E-state index is 11.2. The van der Waals surface area contributed by atoms with Crippen molar-refractivity contribution in [2.24, 2.45) is 0 Å². The molecule has 0 aliphatic carbocycles. The molecule has 0 bridgehead atoms. The van der Waals surface area contributed by atoms with E-state index in [4.69, 9.17) is 5.73 Å². The Morgan fingerprint density at radius 3 is 2.93 bits per heavy atom. The van der Waals surface area contributed by atoms with Crippen molar-refractivity contribution in [1.82, 2.24) is 15.3 Å². The first-order valence-electron chi connectivity index (χ1n) is 4.62. The molecule has 0 atom stereocenters. The SMILES string of the molecule is CCNC(=O)CSc1nc(C)cc(N)n1. The van der Waals surface area contributed by atoms with E-state index in [0.717, 1.165) is 5.69 Å². The Balaban J connectivity index is 2.54. The lowest BCUT2D eigenvalue weighted by Gasteiger charge is -2.02. The van der Waals surface area contributed by atoms with Crippen LogP contribution in [0.15, 0.2) is 11.2 Å². The molecule has 5 nitrogen and oxygen atoms in total. The van der Waals surface area contributed by atoms with Gasteiger partial charge in [0.15, 0.2) is 5.16 Å². The van der Waals surface area contributed by atoms with Crippen LogP contribution < -0.4 is 11.1 Å². The number of hydrogen-bond acceptors (Lipinski definition) is 5. The Morgan fingerprint density at radius 1 is 1.60 bits per heavy atom. The molecular formula is C9H14N4OS. The molecule has 15 heavy (non-hydrogen) atoms. The number of carbonyl (C=O) groups is 1. The molecule has 1 aromatic rings. The third-order valence-corrected chi connectivity index (χ3v) is 2.41. The minimum Gasteiger partial charge on any atom is -0.384 e. The van der Waals surface area contributed by atoms with Crippen LogP contribution in [0.5, 0.6) is 0 Å². The fraction of sp³-hybridized carbons (Fsp3) is 0.444. The van der Waals surface area contributed by atoms with Crippen LogP contribution in [-0.4, -0.2) is 28.2 Å². The van der Waals surface area contributed by atoms with Crippen molar-refractivity contribution in [2.75, 3.05) is 18.0 Å². The van der Waals surface area contributed by atoms with Gasteiger partial charge in [-0.25, -0.2) is 9.97 Å². The largest absolute Gasteiger partial charge is 0.384 e. The first-order chi connectivity index (χ1) is 7.11. The Kier molecular flexibility index (Phi) is 4.36. The Labute approximate surface area is 92.9 Å².